The van der Waals surface area contributed by atoms with Gasteiger partial charge in [0.15, 0.2) is 0 Å². The first kappa shape index (κ1) is 11.2. The SMILES string of the molecule is C=C(O)CC1(CC)C(=O)NC(=O)NC1=O. The summed E-state index contributed by atoms with van der Waals surface area (Å²) in [6.45, 7) is 4.86. The third kappa shape index (κ3) is 1.83. The Hall–Kier alpha value is -1.85. The first-order valence-electron chi connectivity index (χ1n) is 4.46. The summed E-state index contributed by atoms with van der Waals surface area (Å²) in [5, 5.41) is 13.1. The van der Waals surface area contributed by atoms with Crippen molar-refractivity contribution in [2.24, 2.45) is 5.41 Å². The minimum absolute atomic E-state index is 0.178. The van der Waals surface area contributed by atoms with Crippen LogP contribution in [-0.4, -0.2) is 23.0 Å². The zero-order chi connectivity index (χ0) is 11.6. The lowest BCUT2D eigenvalue weighted by atomic mass is 9.78. The molecule has 0 aromatic carbocycles. The number of amides is 4. The average molecular weight is 212 g/mol. The lowest BCUT2D eigenvalue weighted by Crippen LogP contribution is -2.62. The molecule has 0 atom stereocenters. The summed E-state index contributed by atoms with van der Waals surface area (Å²) in [6, 6.07) is -0.836. The number of allylic oxidation sites excluding steroid dienone is 1. The Bertz CT molecular complexity index is 328. The molecule has 1 aliphatic rings. The van der Waals surface area contributed by atoms with E-state index in [4.69, 9.17) is 5.11 Å². The zero-order valence-electron chi connectivity index (χ0n) is 8.29. The molecule has 82 valence electrons. The van der Waals surface area contributed by atoms with E-state index in [2.05, 4.69) is 6.58 Å². The number of aliphatic hydroxyl groups excluding tert-OH is 1. The molecule has 0 aliphatic carbocycles. The molecule has 1 saturated heterocycles. The number of barbiturate groups is 1. The van der Waals surface area contributed by atoms with Gasteiger partial charge >= 0.3 is 6.03 Å². The van der Waals surface area contributed by atoms with Gasteiger partial charge in [0.2, 0.25) is 11.8 Å². The van der Waals surface area contributed by atoms with E-state index in [1.54, 1.807) is 6.92 Å². The molecule has 0 radical (unpaired) electrons. The van der Waals surface area contributed by atoms with Gasteiger partial charge < -0.3 is 5.11 Å². The van der Waals surface area contributed by atoms with E-state index < -0.39 is 23.3 Å². The monoisotopic (exact) mass is 212 g/mol. The number of aliphatic hydroxyl groups is 1. The van der Waals surface area contributed by atoms with Crippen LogP contribution in [0.2, 0.25) is 0 Å². The van der Waals surface area contributed by atoms with Gasteiger partial charge in [-0.2, -0.15) is 0 Å². The maximum Gasteiger partial charge on any atom is 0.328 e. The van der Waals surface area contributed by atoms with E-state index in [0.29, 0.717) is 0 Å². The van der Waals surface area contributed by atoms with Gasteiger partial charge in [0.1, 0.15) is 5.41 Å². The predicted molar refractivity (Wildman–Crippen MR) is 50.8 cm³/mol. The largest absolute Gasteiger partial charge is 0.513 e. The Morgan fingerprint density at radius 2 is 1.80 bits per heavy atom. The van der Waals surface area contributed by atoms with E-state index in [9.17, 15) is 14.4 Å². The van der Waals surface area contributed by atoms with Crippen molar-refractivity contribution in [2.75, 3.05) is 0 Å². The molecule has 1 rings (SSSR count). The van der Waals surface area contributed by atoms with Gasteiger partial charge in [-0.15, -0.1) is 0 Å². The van der Waals surface area contributed by atoms with E-state index in [0.717, 1.165) is 0 Å². The average Bonchev–Trinajstić information content (AvgIpc) is 2.11. The molecular weight excluding hydrogens is 200 g/mol. The van der Waals surface area contributed by atoms with Crippen LogP contribution in [0.25, 0.3) is 0 Å². The Morgan fingerprint density at radius 3 is 2.13 bits per heavy atom. The number of hydrogen-bond donors (Lipinski definition) is 3. The highest BCUT2D eigenvalue weighted by molar-refractivity contribution is 6.19. The highest BCUT2D eigenvalue weighted by atomic mass is 16.3. The van der Waals surface area contributed by atoms with Crippen molar-refractivity contribution < 1.29 is 19.5 Å². The Labute approximate surface area is 86.3 Å². The highest BCUT2D eigenvalue weighted by Gasteiger charge is 2.49. The normalized spacial score (nSPS) is 19.4. The standard InChI is InChI=1S/C9H12N2O4/c1-3-9(4-5(2)12)6(13)10-8(15)11-7(9)14/h12H,2-4H2,1H3,(H2,10,11,13,14,15). The van der Waals surface area contributed by atoms with Gasteiger partial charge in [-0.25, -0.2) is 4.79 Å². The van der Waals surface area contributed by atoms with Crippen LogP contribution in [0, 0.1) is 5.41 Å². The fourth-order valence-electron chi connectivity index (χ4n) is 1.53. The topological polar surface area (TPSA) is 95.5 Å². The smallest absolute Gasteiger partial charge is 0.328 e. The van der Waals surface area contributed by atoms with E-state index >= 15 is 0 Å². The molecule has 0 saturated carbocycles. The van der Waals surface area contributed by atoms with Crippen LogP contribution in [0.5, 0.6) is 0 Å². The van der Waals surface area contributed by atoms with E-state index in [-0.39, 0.29) is 18.6 Å². The summed E-state index contributed by atoms with van der Waals surface area (Å²) in [7, 11) is 0. The van der Waals surface area contributed by atoms with Crippen LogP contribution in [0.1, 0.15) is 19.8 Å². The number of imide groups is 2. The molecule has 0 spiro atoms. The first-order valence-corrected chi connectivity index (χ1v) is 4.46. The maximum absolute atomic E-state index is 11.6. The van der Waals surface area contributed by atoms with Gasteiger partial charge in [0.05, 0.1) is 5.76 Å². The van der Waals surface area contributed by atoms with Gasteiger partial charge in [0.25, 0.3) is 0 Å². The summed E-state index contributed by atoms with van der Waals surface area (Å²) in [5.41, 5.74) is -1.43. The molecule has 0 unspecified atom stereocenters. The number of hydrogen-bond acceptors (Lipinski definition) is 4. The summed E-state index contributed by atoms with van der Waals surface area (Å²) >= 11 is 0. The van der Waals surface area contributed by atoms with Crippen LogP contribution in [-0.2, 0) is 9.59 Å². The second kappa shape index (κ2) is 3.72. The molecule has 6 heteroatoms. The minimum atomic E-state index is -1.43. The third-order valence-corrected chi connectivity index (χ3v) is 2.43. The third-order valence-electron chi connectivity index (χ3n) is 2.43. The Kier molecular flexibility index (Phi) is 2.78. The summed E-state index contributed by atoms with van der Waals surface area (Å²) in [6.07, 6.45) is -0.00796. The van der Waals surface area contributed by atoms with Gasteiger partial charge in [0, 0.05) is 6.42 Å². The van der Waals surface area contributed by atoms with Crippen molar-refractivity contribution in [3.63, 3.8) is 0 Å². The Balaban J connectivity index is 3.05. The van der Waals surface area contributed by atoms with Gasteiger partial charge in [-0.05, 0) is 6.42 Å². The molecule has 15 heavy (non-hydrogen) atoms. The molecule has 0 bridgehead atoms. The molecule has 4 amide bonds. The molecule has 6 nitrogen and oxygen atoms in total. The number of rotatable bonds is 3. The highest BCUT2D eigenvalue weighted by Crippen LogP contribution is 2.31. The number of carbonyl (C=O) groups is 3. The van der Waals surface area contributed by atoms with Crippen LogP contribution in [0.15, 0.2) is 12.3 Å². The second-order valence-corrected chi connectivity index (χ2v) is 3.42. The fraction of sp³-hybridized carbons (Fsp3) is 0.444. The van der Waals surface area contributed by atoms with Crippen LogP contribution in [0.4, 0.5) is 4.79 Å². The van der Waals surface area contributed by atoms with Gasteiger partial charge in [-0.3, -0.25) is 20.2 Å². The molecule has 1 aliphatic heterocycles. The van der Waals surface area contributed by atoms with Crippen molar-refractivity contribution in [2.45, 2.75) is 19.8 Å². The summed E-state index contributed by atoms with van der Waals surface area (Å²) < 4.78 is 0. The van der Waals surface area contributed by atoms with Crippen molar-refractivity contribution >= 4 is 17.8 Å². The van der Waals surface area contributed by atoms with Crippen molar-refractivity contribution in [1.82, 2.24) is 10.6 Å². The second-order valence-electron chi connectivity index (χ2n) is 3.42. The predicted octanol–water partition coefficient (Wildman–Crippen LogP) is 0.211. The molecule has 1 fully saturated rings. The summed E-state index contributed by atoms with van der Waals surface area (Å²) in [5.74, 6) is -1.67. The maximum atomic E-state index is 11.6. The number of carbonyl (C=O) groups excluding carboxylic acids is 3. The molecular formula is C9H12N2O4. The lowest BCUT2D eigenvalue weighted by Gasteiger charge is -2.32. The molecule has 0 aromatic heterocycles. The van der Waals surface area contributed by atoms with E-state index in [1.807, 2.05) is 10.6 Å². The Morgan fingerprint density at radius 1 is 1.33 bits per heavy atom. The fourth-order valence-corrected chi connectivity index (χ4v) is 1.53. The van der Waals surface area contributed by atoms with Crippen molar-refractivity contribution in [1.29, 1.82) is 0 Å². The van der Waals surface area contributed by atoms with Crippen LogP contribution < -0.4 is 10.6 Å². The molecule has 1 heterocycles. The van der Waals surface area contributed by atoms with Crippen LogP contribution in [0.3, 0.4) is 0 Å². The molecule has 3 N–H and O–H groups in total. The lowest BCUT2D eigenvalue weighted by molar-refractivity contribution is -0.145. The quantitative estimate of drug-likeness (QED) is 0.460. The zero-order valence-corrected chi connectivity index (χ0v) is 8.29. The van der Waals surface area contributed by atoms with Crippen molar-refractivity contribution in [3.8, 4) is 0 Å². The number of nitrogens with one attached hydrogen (secondary N) is 2. The van der Waals surface area contributed by atoms with Crippen molar-refractivity contribution in [3.05, 3.63) is 12.3 Å². The molecule has 0 aromatic rings. The summed E-state index contributed by atoms with van der Waals surface area (Å²) in [4.78, 5) is 33.9. The van der Waals surface area contributed by atoms with Gasteiger partial charge in [-0.1, -0.05) is 13.5 Å². The number of urea groups is 1. The van der Waals surface area contributed by atoms with Crippen LogP contribution >= 0.6 is 0 Å². The minimum Gasteiger partial charge on any atom is -0.513 e. The van der Waals surface area contributed by atoms with E-state index in [1.165, 1.54) is 0 Å². The first-order chi connectivity index (χ1) is 6.92.